The molecule has 0 bridgehead atoms. The molecule has 130 valence electrons. The highest BCUT2D eigenvalue weighted by atomic mass is 16.5. The van der Waals surface area contributed by atoms with Crippen LogP contribution in [0.25, 0.3) is 0 Å². The minimum atomic E-state index is -0.161. The number of rotatable bonds is 3. The first-order chi connectivity index (χ1) is 10.6. The van der Waals surface area contributed by atoms with E-state index in [0.29, 0.717) is 6.04 Å². The van der Waals surface area contributed by atoms with Gasteiger partial charge in [-0.05, 0) is 46.6 Å². The lowest BCUT2D eigenvalue weighted by molar-refractivity contribution is -0.00695. The zero-order valence-corrected chi connectivity index (χ0v) is 15.8. The molecule has 1 aliphatic rings. The van der Waals surface area contributed by atoms with Crippen LogP contribution in [0.15, 0.2) is 18.2 Å². The first-order valence-electron chi connectivity index (χ1n) is 8.63. The molecule has 1 aliphatic heterocycles. The molecule has 23 heavy (non-hydrogen) atoms. The van der Waals surface area contributed by atoms with E-state index in [9.17, 15) is 0 Å². The summed E-state index contributed by atoms with van der Waals surface area (Å²) in [7, 11) is 0. The van der Waals surface area contributed by atoms with Gasteiger partial charge in [0.1, 0.15) is 5.60 Å². The van der Waals surface area contributed by atoms with E-state index in [4.69, 9.17) is 4.74 Å². The molecule has 0 unspecified atom stereocenters. The smallest absolute Gasteiger partial charge is 0.185 e. The first-order valence-corrected chi connectivity index (χ1v) is 8.63. The van der Waals surface area contributed by atoms with Gasteiger partial charge >= 0.3 is 0 Å². The highest BCUT2D eigenvalue weighted by Gasteiger charge is 2.26. The lowest BCUT2D eigenvalue weighted by atomic mass is 9.93. The van der Waals surface area contributed by atoms with Gasteiger partial charge in [-0.25, -0.2) is 4.68 Å². The van der Waals surface area contributed by atoms with Crippen LogP contribution in [0, 0.1) is 0 Å². The second-order valence-corrected chi connectivity index (χ2v) is 8.39. The molecule has 0 spiro atoms. The van der Waals surface area contributed by atoms with E-state index in [1.165, 1.54) is 0 Å². The van der Waals surface area contributed by atoms with Crippen molar-refractivity contribution in [1.82, 2.24) is 19.9 Å². The third-order valence-electron chi connectivity index (χ3n) is 4.09. The van der Waals surface area contributed by atoms with Crippen molar-refractivity contribution in [3.8, 4) is 0 Å². The monoisotopic (exact) mass is 320 g/mol. The molecular formula is C18H32N4O. The van der Waals surface area contributed by atoms with Crippen LogP contribution < -0.4 is 0 Å². The Morgan fingerprint density at radius 2 is 1.78 bits per heavy atom. The van der Waals surface area contributed by atoms with Crippen molar-refractivity contribution in [2.24, 2.45) is 0 Å². The fourth-order valence-electron chi connectivity index (χ4n) is 2.77. The van der Waals surface area contributed by atoms with Crippen LogP contribution in [-0.2, 0) is 10.2 Å². The molecule has 2 rings (SSSR count). The molecule has 0 aliphatic carbocycles. The first kappa shape index (κ1) is 17.8. The van der Waals surface area contributed by atoms with Gasteiger partial charge in [0.2, 0.25) is 0 Å². The minimum Gasteiger partial charge on any atom is -0.474 e. The third kappa shape index (κ3) is 4.72. The van der Waals surface area contributed by atoms with Gasteiger partial charge in [-0.1, -0.05) is 26.0 Å². The van der Waals surface area contributed by atoms with Crippen LogP contribution in [0.5, 0.6) is 0 Å². The van der Waals surface area contributed by atoms with Crippen LogP contribution in [0.1, 0.15) is 73.0 Å². The average molecular weight is 320 g/mol. The van der Waals surface area contributed by atoms with Crippen molar-refractivity contribution in [1.29, 1.82) is 0 Å². The Hall–Kier alpha value is -1.52. The SMILES string of the molecule is C/C=C(/OC(C)(C)C)N1CCC(n2cc(C(C)(C)C)nn2)CC1. The zero-order valence-electron chi connectivity index (χ0n) is 15.8. The highest BCUT2D eigenvalue weighted by Crippen LogP contribution is 2.28. The number of likely N-dealkylation sites (tertiary alicyclic amines) is 1. The van der Waals surface area contributed by atoms with Crippen molar-refractivity contribution >= 4 is 0 Å². The van der Waals surface area contributed by atoms with Crippen molar-refractivity contribution < 1.29 is 4.74 Å². The number of ether oxygens (including phenoxy) is 1. The van der Waals surface area contributed by atoms with Crippen molar-refractivity contribution in [3.05, 3.63) is 23.8 Å². The summed E-state index contributed by atoms with van der Waals surface area (Å²) in [5.41, 5.74) is 0.953. The fraction of sp³-hybridized carbons (Fsp3) is 0.778. The standard InChI is InChI=1S/C18H32N4O/c1-8-16(23-18(5,6)7)21-11-9-14(10-12-21)22-13-15(19-20-22)17(2,3)4/h8,13-14H,9-12H2,1-7H3/b16-8+. The number of hydrogen-bond acceptors (Lipinski definition) is 4. The number of allylic oxidation sites excluding steroid dienone is 1. The molecule has 2 heterocycles. The van der Waals surface area contributed by atoms with E-state index < -0.39 is 0 Å². The number of aromatic nitrogens is 3. The molecule has 0 aromatic carbocycles. The largest absolute Gasteiger partial charge is 0.474 e. The number of nitrogens with zero attached hydrogens (tertiary/aromatic N) is 4. The van der Waals surface area contributed by atoms with Gasteiger partial charge in [-0.15, -0.1) is 5.10 Å². The van der Waals surface area contributed by atoms with Gasteiger partial charge in [-0.2, -0.15) is 0 Å². The minimum absolute atomic E-state index is 0.0532. The van der Waals surface area contributed by atoms with Crippen LogP contribution in [0.3, 0.4) is 0 Å². The molecule has 0 N–H and O–H groups in total. The number of hydrogen-bond donors (Lipinski definition) is 0. The van der Waals surface area contributed by atoms with E-state index in [0.717, 1.165) is 37.5 Å². The van der Waals surface area contributed by atoms with Crippen LogP contribution in [0.4, 0.5) is 0 Å². The van der Waals surface area contributed by atoms with Crippen LogP contribution >= 0.6 is 0 Å². The van der Waals surface area contributed by atoms with Crippen LogP contribution in [-0.4, -0.2) is 38.6 Å². The summed E-state index contributed by atoms with van der Waals surface area (Å²) in [5.74, 6) is 0.991. The molecule has 0 saturated carbocycles. The maximum Gasteiger partial charge on any atom is 0.185 e. The summed E-state index contributed by atoms with van der Waals surface area (Å²) < 4.78 is 8.12. The molecule has 0 radical (unpaired) electrons. The third-order valence-corrected chi connectivity index (χ3v) is 4.09. The van der Waals surface area contributed by atoms with Gasteiger partial charge < -0.3 is 9.64 Å². The average Bonchev–Trinajstić information content (AvgIpc) is 2.94. The summed E-state index contributed by atoms with van der Waals surface area (Å²) in [4.78, 5) is 2.34. The molecule has 5 heteroatoms. The summed E-state index contributed by atoms with van der Waals surface area (Å²) in [6.07, 6.45) is 6.32. The van der Waals surface area contributed by atoms with E-state index in [1.54, 1.807) is 0 Å². The van der Waals surface area contributed by atoms with Crippen molar-refractivity contribution in [2.75, 3.05) is 13.1 Å². The van der Waals surface area contributed by atoms with Gasteiger partial charge in [0, 0.05) is 24.7 Å². The van der Waals surface area contributed by atoms with E-state index >= 15 is 0 Å². The van der Waals surface area contributed by atoms with Gasteiger partial charge in [0.15, 0.2) is 5.88 Å². The predicted molar refractivity (Wildman–Crippen MR) is 93.2 cm³/mol. The Labute approximate surface area is 140 Å². The molecule has 1 fully saturated rings. The maximum absolute atomic E-state index is 6.07. The lowest BCUT2D eigenvalue weighted by Gasteiger charge is -2.37. The Bertz CT molecular complexity index is 540. The van der Waals surface area contributed by atoms with E-state index in [-0.39, 0.29) is 11.0 Å². The molecule has 5 nitrogen and oxygen atoms in total. The summed E-state index contributed by atoms with van der Waals surface area (Å²) in [6.45, 7) is 16.8. The predicted octanol–water partition coefficient (Wildman–Crippen LogP) is 3.89. The Morgan fingerprint density at radius 3 is 2.22 bits per heavy atom. The Morgan fingerprint density at radius 1 is 1.17 bits per heavy atom. The topological polar surface area (TPSA) is 43.2 Å². The summed E-state index contributed by atoms with van der Waals surface area (Å²) in [6, 6.07) is 0.433. The molecule has 0 amide bonds. The zero-order chi connectivity index (χ0) is 17.3. The number of piperidine rings is 1. The molecule has 1 aromatic rings. The normalized spacial score (nSPS) is 18.4. The Balaban J connectivity index is 1.97. The molecule has 1 aromatic heterocycles. The summed E-state index contributed by atoms with van der Waals surface area (Å²) in [5, 5.41) is 8.70. The van der Waals surface area contributed by atoms with Crippen molar-refractivity contribution in [2.45, 2.75) is 78.4 Å². The molecule has 1 saturated heterocycles. The second-order valence-electron chi connectivity index (χ2n) is 8.39. The molecule has 0 atom stereocenters. The summed E-state index contributed by atoms with van der Waals surface area (Å²) >= 11 is 0. The second kappa shape index (κ2) is 6.54. The van der Waals surface area contributed by atoms with E-state index in [2.05, 4.69) is 73.7 Å². The molecular weight excluding hydrogens is 288 g/mol. The van der Waals surface area contributed by atoms with Crippen LogP contribution in [0.2, 0.25) is 0 Å². The lowest BCUT2D eigenvalue weighted by Crippen LogP contribution is -2.37. The van der Waals surface area contributed by atoms with Gasteiger partial charge in [0.05, 0.1) is 11.7 Å². The van der Waals surface area contributed by atoms with E-state index in [1.807, 2.05) is 6.92 Å². The van der Waals surface area contributed by atoms with Gasteiger partial charge in [-0.3, -0.25) is 0 Å². The maximum atomic E-state index is 6.07. The fourth-order valence-corrected chi connectivity index (χ4v) is 2.77. The van der Waals surface area contributed by atoms with Crippen molar-refractivity contribution in [3.63, 3.8) is 0 Å². The highest BCUT2D eigenvalue weighted by molar-refractivity contribution is 5.07. The Kier molecular flexibility index (Phi) is 5.07. The van der Waals surface area contributed by atoms with Gasteiger partial charge in [0.25, 0.3) is 0 Å². The quantitative estimate of drug-likeness (QED) is 0.793.